The van der Waals surface area contributed by atoms with Gasteiger partial charge in [0.1, 0.15) is 0 Å². The zero-order valence-electron chi connectivity index (χ0n) is 17.9. The molecule has 3 aromatic rings. The Kier molecular flexibility index (Phi) is 6.48. The van der Waals surface area contributed by atoms with Crippen molar-refractivity contribution in [3.63, 3.8) is 0 Å². The summed E-state index contributed by atoms with van der Waals surface area (Å²) in [7, 11) is 1.59. The number of benzene rings is 2. The Morgan fingerprint density at radius 1 is 1.06 bits per heavy atom. The van der Waals surface area contributed by atoms with Gasteiger partial charge in [-0.2, -0.15) is 0 Å². The molecule has 1 aliphatic heterocycles. The molecule has 1 aliphatic rings. The van der Waals surface area contributed by atoms with Crippen LogP contribution in [-0.2, 0) is 9.53 Å². The van der Waals surface area contributed by atoms with Gasteiger partial charge in [-0.05, 0) is 54.3 Å². The smallest absolute Gasteiger partial charge is 0.254 e. The van der Waals surface area contributed by atoms with Crippen molar-refractivity contribution >= 4 is 34.6 Å². The second kappa shape index (κ2) is 9.46. The first-order valence-corrected chi connectivity index (χ1v) is 11.2. The molecule has 0 radical (unpaired) electrons. The van der Waals surface area contributed by atoms with Gasteiger partial charge >= 0.3 is 0 Å². The average molecular weight is 449 g/mol. The van der Waals surface area contributed by atoms with Crippen molar-refractivity contribution in [2.24, 2.45) is 0 Å². The number of nitrogens with one attached hydrogen (secondary N) is 1. The van der Waals surface area contributed by atoms with Gasteiger partial charge in [-0.15, -0.1) is 11.3 Å². The van der Waals surface area contributed by atoms with E-state index in [-0.39, 0.29) is 17.6 Å². The van der Waals surface area contributed by atoms with Crippen molar-refractivity contribution in [2.75, 3.05) is 25.6 Å². The summed E-state index contributed by atoms with van der Waals surface area (Å²) in [6.45, 7) is 2.25. The molecule has 0 aliphatic carbocycles. The van der Waals surface area contributed by atoms with E-state index in [0.29, 0.717) is 35.5 Å². The first-order valence-electron chi connectivity index (χ1n) is 10.4. The zero-order chi connectivity index (χ0) is 22.7. The molecule has 0 fully saturated rings. The van der Waals surface area contributed by atoms with Gasteiger partial charge in [0.15, 0.2) is 5.78 Å². The Balaban J connectivity index is 1.75. The van der Waals surface area contributed by atoms with Gasteiger partial charge in [0.2, 0.25) is 5.91 Å². The molecule has 1 aromatic heterocycles. The molecule has 0 spiro atoms. The van der Waals surface area contributed by atoms with Gasteiger partial charge in [0, 0.05) is 35.3 Å². The van der Waals surface area contributed by atoms with Crippen LogP contribution >= 0.6 is 11.3 Å². The Bertz CT molecular complexity index is 1130. The Morgan fingerprint density at radius 3 is 2.47 bits per heavy atom. The number of carbonyl (C=O) groups excluding carboxylic acids is 3. The Morgan fingerprint density at radius 2 is 1.81 bits per heavy atom. The molecule has 0 saturated heterocycles. The lowest BCUT2D eigenvalue weighted by Gasteiger charge is -2.41. The predicted octanol–water partition coefficient (Wildman–Crippen LogP) is 4.52. The molecule has 4 rings (SSSR count). The Labute approximate surface area is 190 Å². The summed E-state index contributed by atoms with van der Waals surface area (Å²) >= 11 is 1.52. The average Bonchev–Trinajstić information content (AvgIpc) is 3.33. The highest BCUT2D eigenvalue weighted by molar-refractivity contribution is 7.10. The number of anilines is 1. The van der Waals surface area contributed by atoms with E-state index < -0.39 is 12.0 Å². The number of rotatable bonds is 7. The van der Waals surface area contributed by atoms with E-state index >= 15 is 0 Å². The molecule has 2 amide bonds. The predicted molar refractivity (Wildman–Crippen MR) is 124 cm³/mol. The molecule has 6 nitrogen and oxygen atoms in total. The highest BCUT2D eigenvalue weighted by Crippen LogP contribution is 2.44. The van der Waals surface area contributed by atoms with Crippen LogP contribution in [-0.4, -0.2) is 42.8 Å². The standard InChI is InChI=1S/C25H24N2O4S/c1-16(28)17-9-11-18(12-10-17)26-24(29)22-19-6-3-4-7-20(19)25(30)27(13-14-31-2)23(22)21-8-5-15-32-21/h3-12,15,22-23H,13-14H2,1-2H3,(H,26,29)/t22-,23+/m1/s1. The van der Waals surface area contributed by atoms with Crippen molar-refractivity contribution in [1.82, 2.24) is 4.90 Å². The van der Waals surface area contributed by atoms with Gasteiger partial charge in [-0.1, -0.05) is 24.3 Å². The lowest BCUT2D eigenvalue weighted by atomic mass is 9.81. The van der Waals surface area contributed by atoms with Crippen LogP contribution in [0.1, 0.15) is 50.0 Å². The van der Waals surface area contributed by atoms with Crippen molar-refractivity contribution in [2.45, 2.75) is 18.9 Å². The minimum Gasteiger partial charge on any atom is -0.383 e. The summed E-state index contributed by atoms with van der Waals surface area (Å²) in [4.78, 5) is 41.2. The number of ether oxygens (including phenoxy) is 1. The van der Waals surface area contributed by atoms with Gasteiger partial charge < -0.3 is 15.0 Å². The molecule has 0 saturated carbocycles. The van der Waals surface area contributed by atoms with Crippen LogP contribution in [0.3, 0.4) is 0 Å². The fraction of sp³-hybridized carbons (Fsp3) is 0.240. The molecule has 164 valence electrons. The van der Waals surface area contributed by atoms with Gasteiger partial charge in [0.05, 0.1) is 18.6 Å². The summed E-state index contributed by atoms with van der Waals surface area (Å²) in [6.07, 6.45) is 0. The van der Waals surface area contributed by atoms with Crippen LogP contribution in [0.5, 0.6) is 0 Å². The van der Waals surface area contributed by atoms with Gasteiger partial charge in [-0.3, -0.25) is 14.4 Å². The van der Waals surface area contributed by atoms with E-state index in [2.05, 4.69) is 5.32 Å². The van der Waals surface area contributed by atoms with Gasteiger partial charge in [0.25, 0.3) is 5.91 Å². The summed E-state index contributed by atoms with van der Waals surface area (Å²) in [5.41, 5.74) is 2.42. The minimum atomic E-state index is -0.591. The van der Waals surface area contributed by atoms with E-state index in [9.17, 15) is 14.4 Å². The van der Waals surface area contributed by atoms with Crippen molar-refractivity contribution in [3.05, 3.63) is 87.6 Å². The normalized spacial score (nSPS) is 17.7. The number of hydrogen-bond donors (Lipinski definition) is 1. The third-order valence-electron chi connectivity index (χ3n) is 5.65. The number of thiophene rings is 1. The summed E-state index contributed by atoms with van der Waals surface area (Å²) in [6, 6.07) is 17.5. The SMILES string of the molecule is COCCN1C(=O)c2ccccc2[C@@H](C(=O)Nc2ccc(C(C)=O)cc2)[C@@H]1c1cccs1. The number of Topliss-reactive ketones (excluding diaryl/α,β-unsaturated/α-hetero) is 1. The molecule has 2 aromatic carbocycles. The zero-order valence-corrected chi connectivity index (χ0v) is 18.7. The number of carbonyl (C=O) groups is 3. The van der Waals surface area contributed by atoms with Crippen LogP contribution in [0, 0.1) is 0 Å². The molecule has 0 unspecified atom stereocenters. The van der Waals surface area contributed by atoms with E-state index in [0.717, 1.165) is 4.88 Å². The Hall–Kier alpha value is -3.29. The number of ketones is 1. The fourth-order valence-electron chi connectivity index (χ4n) is 4.09. The highest BCUT2D eigenvalue weighted by Gasteiger charge is 2.44. The summed E-state index contributed by atoms with van der Waals surface area (Å²) in [5.74, 6) is -0.937. The van der Waals surface area contributed by atoms with Crippen molar-refractivity contribution in [1.29, 1.82) is 0 Å². The second-order valence-electron chi connectivity index (χ2n) is 7.64. The monoisotopic (exact) mass is 448 g/mol. The molecular formula is C25H24N2O4S. The first-order chi connectivity index (χ1) is 15.5. The molecular weight excluding hydrogens is 424 g/mol. The second-order valence-corrected chi connectivity index (χ2v) is 8.62. The number of nitrogens with zero attached hydrogens (tertiary/aromatic N) is 1. The van der Waals surface area contributed by atoms with E-state index in [1.807, 2.05) is 35.7 Å². The maximum absolute atomic E-state index is 13.6. The fourth-order valence-corrected chi connectivity index (χ4v) is 4.97. The van der Waals surface area contributed by atoms with E-state index in [1.54, 1.807) is 42.3 Å². The summed E-state index contributed by atoms with van der Waals surface area (Å²) < 4.78 is 5.25. The molecule has 32 heavy (non-hydrogen) atoms. The number of amides is 2. The van der Waals surface area contributed by atoms with Crippen LogP contribution in [0.25, 0.3) is 0 Å². The maximum atomic E-state index is 13.6. The van der Waals surface area contributed by atoms with Crippen LogP contribution in [0.2, 0.25) is 0 Å². The molecule has 1 N–H and O–H groups in total. The maximum Gasteiger partial charge on any atom is 0.254 e. The van der Waals surface area contributed by atoms with Crippen LogP contribution < -0.4 is 5.32 Å². The lowest BCUT2D eigenvalue weighted by molar-refractivity contribution is -0.119. The molecule has 2 heterocycles. The number of fused-ring (bicyclic) bond motifs is 1. The largest absolute Gasteiger partial charge is 0.383 e. The highest BCUT2D eigenvalue weighted by atomic mass is 32.1. The number of hydrogen-bond acceptors (Lipinski definition) is 5. The minimum absolute atomic E-state index is 0.0332. The summed E-state index contributed by atoms with van der Waals surface area (Å²) in [5, 5.41) is 4.94. The van der Waals surface area contributed by atoms with Crippen molar-refractivity contribution in [3.8, 4) is 0 Å². The topological polar surface area (TPSA) is 75.7 Å². The molecule has 2 atom stereocenters. The first kappa shape index (κ1) is 21.9. The number of methoxy groups -OCH3 is 1. The third kappa shape index (κ3) is 4.22. The third-order valence-corrected chi connectivity index (χ3v) is 6.59. The van der Waals surface area contributed by atoms with Gasteiger partial charge in [-0.25, -0.2) is 0 Å². The van der Waals surface area contributed by atoms with E-state index in [4.69, 9.17) is 4.74 Å². The lowest BCUT2D eigenvalue weighted by Crippen LogP contribution is -2.47. The van der Waals surface area contributed by atoms with Crippen molar-refractivity contribution < 1.29 is 19.1 Å². The van der Waals surface area contributed by atoms with Crippen LogP contribution in [0.15, 0.2) is 66.0 Å². The molecule has 7 heteroatoms. The van der Waals surface area contributed by atoms with Crippen LogP contribution in [0.4, 0.5) is 5.69 Å². The van der Waals surface area contributed by atoms with E-state index in [1.165, 1.54) is 18.3 Å². The molecule has 0 bridgehead atoms. The quantitative estimate of drug-likeness (QED) is 0.540.